The minimum absolute atomic E-state index is 0.0158. The van der Waals surface area contributed by atoms with Gasteiger partial charge in [-0.25, -0.2) is 8.78 Å². The first-order chi connectivity index (χ1) is 9.54. The van der Waals surface area contributed by atoms with E-state index in [9.17, 15) is 13.6 Å². The molecule has 0 heterocycles. The highest BCUT2D eigenvalue weighted by atomic mass is 35.5. The molecule has 0 saturated heterocycles. The number of halogens is 3. The van der Waals surface area contributed by atoms with Gasteiger partial charge in [0.2, 0.25) is 0 Å². The molecule has 1 N–H and O–H groups in total. The molecule has 20 heavy (non-hydrogen) atoms. The van der Waals surface area contributed by atoms with Crippen molar-refractivity contribution in [1.82, 2.24) is 0 Å². The molecular weight excluding hydrogens is 288 g/mol. The normalized spacial score (nSPS) is 10.2. The number of nitrogens with one attached hydrogen (secondary N) is 1. The van der Waals surface area contributed by atoms with Gasteiger partial charge in [0, 0.05) is 5.02 Å². The molecule has 2 aromatic rings. The van der Waals surface area contributed by atoms with Crippen LogP contribution in [0.3, 0.4) is 0 Å². The van der Waals surface area contributed by atoms with Gasteiger partial charge >= 0.3 is 0 Å². The molecule has 2 rings (SSSR count). The van der Waals surface area contributed by atoms with Gasteiger partial charge in [0.25, 0.3) is 5.91 Å². The van der Waals surface area contributed by atoms with Crippen molar-refractivity contribution in [2.24, 2.45) is 0 Å². The number of anilines is 1. The molecule has 0 radical (unpaired) electrons. The lowest BCUT2D eigenvalue weighted by Crippen LogP contribution is -2.20. The van der Waals surface area contributed by atoms with E-state index in [1.165, 1.54) is 36.4 Å². The van der Waals surface area contributed by atoms with E-state index in [0.717, 1.165) is 6.07 Å². The summed E-state index contributed by atoms with van der Waals surface area (Å²) in [6.45, 7) is -0.312. The van der Waals surface area contributed by atoms with Crippen molar-refractivity contribution in [1.29, 1.82) is 0 Å². The van der Waals surface area contributed by atoms with Crippen LogP contribution < -0.4 is 10.1 Å². The fourth-order valence-corrected chi connectivity index (χ4v) is 1.62. The Morgan fingerprint density at radius 1 is 1.15 bits per heavy atom. The van der Waals surface area contributed by atoms with Gasteiger partial charge in [-0.2, -0.15) is 0 Å². The van der Waals surface area contributed by atoms with Crippen molar-refractivity contribution >= 4 is 23.2 Å². The van der Waals surface area contributed by atoms with E-state index in [1.807, 2.05) is 0 Å². The Hall–Kier alpha value is -2.14. The maximum Gasteiger partial charge on any atom is 0.262 e. The zero-order chi connectivity index (χ0) is 14.5. The number of amides is 1. The summed E-state index contributed by atoms with van der Waals surface area (Å²) in [5.74, 6) is -1.22. The molecule has 0 aliphatic heterocycles. The first-order valence-corrected chi connectivity index (χ1v) is 6.05. The minimum atomic E-state index is -0.632. The quantitative estimate of drug-likeness (QED) is 0.936. The van der Waals surface area contributed by atoms with Crippen LogP contribution in [-0.4, -0.2) is 12.5 Å². The second-order valence-electron chi connectivity index (χ2n) is 3.91. The fraction of sp³-hybridized carbons (Fsp3) is 0.0714. The summed E-state index contributed by atoms with van der Waals surface area (Å²) in [4.78, 5) is 11.6. The Kier molecular flexibility index (Phi) is 4.53. The highest BCUT2D eigenvalue weighted by molar-refractivity contribution is 6.30. The largest absolute Gasteiger partial charge is 0.484 e. The van der Waals surface area contributed by atoms with Crippen LogP contribution >= 0.6 is 11.6 Å². The number of benzene rings is 2. The maximum absolute atomic E-state index is 13.4. The molecule has 3 nitrogen and oxygen atoms in total. The van der Waals surface area contributed by atoms with Gasteiger partial charge in [0.1, 0.15) is 17.4 Å². The number of rotatable bonds is 4. The number of hydrogen-bond acceptors (Lipinski definition) is 2. The number of carbonyl (C=O) groups is 1. The molecule has 0 aromatic heterocycles. The average Bonchev–Trinajstić information content (AvgIpc) is 2.41. The Morgan fingerprint density at radius 3 is 2.50 bits per heavy atom. The highest BCUT2D eigenvalue weighted by Crippen LogP contribution is 2.19. The predicted octanol–water partition coefficient (Wildman–Crippen LogP) is 3.64. The van der Waals surface area contributed by atoms with E-state index in [2.05, 4.69) is 5.32 Å². The van der Waals surface area contributed by atoms with Crippen LogP contribution in [0, 0.1) is 11.6 Å². The molecule has 0 saturated carbocycles. The minimum Gasteiger partial charge on any atom is -0.484 e. The summed E-state index contributed by atoms with van der Waals surface area (Å²) in [5, 5.41) is 2.59. The van der Waals surface area contributed by atoms with Crippen molar-refractivity contribution in [2.45, 2.75) is 0 Å². The smallest absolute Gasteiger partial charge is 0.262 e. The molecule has 2 aromatic carbocycles. The van der Waals surface area contributed by atoms with Crippen LogP contribution in [0.2, 0.25) is 5.02 Å². The van der Waals surface area contributed by atoms with E-state index in [4.69, 9.17) is 16.3 Å². The molecule has 0 unspecified atom stereocenters. The molecule has 0 aliphatic carbocycles. The molecular formula is C14H10ClF2NO2. The van der Waals surface area contributed by atoms with E-state index in [-0.39, 0.29) is 17.3 Å². The Morgan fingerprint density at radius 2 is 1.85 bits per heavy atom. The lowest BCUT2D eigenvalue weighted by atomic mass is 10.3. The molecule has 0 aliphatic rings. The van der Waals surface area contributed by atoms with Gasteiger partial charge in [-0.3, -0.25) is 4.79 Å². The Balaban J connectivity index is 1.90. The van der Waals surface area contributed by atoms with Crippen LogP contribution in [0.15, 0.2) is 42.5 Å². The lowest BCUT2D eigenvalue weighted by Gasteiger charge is -2.08. The van der Waals surface area contributed by atoms with E-state index in [1.54, 1.807) is 0 Å². The van der Waals surface area contributed by atoms with Crippen LogP contribution in [-0.2, 0) is 4.79 Å². The molecule has 0 bridgehead atoms. The fourth-order valence-electron chi connectivity index (χ4n) is 1.46. The molecule has 0 fully saturated rings. The van der Waals surface area contributed by atoms with Crippen molar-refractivity contribution in [3.05, 3.63) is 59.1 Å². The zero-order valence-electron chi connectivity index (χ0n) is 10.2. The van der Waals surface area contributed by atoms with Crippen LogP contribution in [0.5, 0.6) is 5.75 Å². The summed E-state index contributed by atoms with van der Waals surface area (Å²) >= 11 is 5.60. The zero-order valence-corrected chi connectivity index (χ0v) is 11.0. The van der Waals surface area contributed by atoms with Gasteiger partial charge in [-0.1, -0.05) is 11.6 Å². The summed E-state index contributed by atoms with van der Waals surface area (Å²) in [6.07, 6.45) is 0. The first-order valence-electron chi connectivity index (χ1n) is 5.68. The topological polar surface area (TPSA) is 38.3 Å². The van der Waals surface area contributed by atoms with E-state index < -0.39 is 17.5 Å². The van der Waals surface area contributed by atoms with Gasteiger partial charge < -0.3 is 10.1 Å². The van der Waals surface area contributed by atoms with Gasteiger partial charge in [0.05, 0.1) is 5.69 Å². The van der Waals surface area contributed by atoms with Crippen LogP contribution in [0.4, 0.5) is 14.5 Å². The average molecular weight is 298 g/mol. The number of carbonyl (C=O) groups excluding carboxylic acids is 1. The summed E-state index contributed by atoms with van der Waals surface area (Å²) in [7, 11) is 0. The van der Waals surface area contributed by atoms with Crippen LogP contribution in [0.1, 0.15) is 0 Å². The number of ether oxygens (including phenoxy) is 1. The second-order valence-corrected chi connectivity index (χ2v) is 4.35. The van der Waals surface area contributed by atoms with Crippen LogP contribution in [0.25, 0.3) is 0 Å². The van der Waals surface area contributed by atoms with Gasteiger partial charge in [-0.15, -0.1) is 0 Å². The molecule has 0 spiro atoms. The molecule has 1 amide bonds. The van der Waals surface area contributed by atoms with Crippen molar-refractivity contribution < 1.29 is 18.3 Å². The van der Waals surface area contributed by atoms with Crippen molar-refractivity contribution in [2.75, 3.05) is 11.9 Å². The third-order valence-electron chi connectivity index (χ3n) is 2.39. The third-order valence-corrected chi connectivity index (χ3v) is 2.62. The molecule has 0 atom stereocenters. The standard InChI is InChI=1S/C14H10ClF2NO2/c15-9-1-6-13(12(17)7-9)18-14(19)8-20-11-4-2-10(16)3-5-11/h1-7H,8H2,(H,18,19). The van der Waals surface area contributed by atoms with Crippen molar-refractivity contribution in [3.8, 4) is 5.75 Å². The summed E-state index contributed by atoms with van der Waals surface area (Å²) in [5.41, 5.74) is 0.0158. The van der Waals surface area contributed by atoms with Gasteiger partial charge in [-0.05, 0) is 42.5 Å². The summed E-state index contributed by atoms with van der Waals surface area (Å²) in [6, 6.07) is 9.13. The SMILES string of the molecule is O=C(COc1ccc(F)cc1)Nc1ccc(Cl)cc1F. The van der Waals surface area contributed by atoms with Crippen molar-refractivity contribution in [3.63, 3.8) is 0 Å². The predicted molar refractivity (Wildman–Crippen MR) is 71.9 cm³/mol. The van der Waals surface area contributed by atoms with Gasteiger partial charge in [0.15, 0.2) is 6.61 Å². The first kappa shape index (κ1) is 14.3. The monoisotopic (exact) mass is 297 g/mol. The molecule has 104 valence electrons. The lowest BCUT2D eigenvalue weighted by molar-refractivity contribution is -0.118. The van der Waals surface area contributed by atoms with E-state index >= 15 is 0 Å². The molecule has 6 heteroatoms. The van der Waals surface area contributed by atoms with E-state index in [0.29, 0.717) is 5.75 Å². The summed E-state index contributed by atoms with van der Waals surface area (Å²) < 4.78 is 31.2. The highest BCUT2D eigenvalue weighted by Gasteiger charge is 2.08. The number of hydrogen-bond donors (Lipinski definition) is 1. The third kappa shape index (κ3) is 3.93. The second kappa shape index (κ2) is 6.34. The Bertz CT molecular complexity index is 617. The Labute approximate surface area is 119 Å². The maximum atomic E-state index is 13.4.